The quantitative estimate of drug-likeness (QED) is 0.623. The molecule has 2 rings (SSSR count). The number of pyridine rings is 1. The highest BCUT2D eigenvalue weighted by Crippen LogP contribution is 2.20. The van der Waals surface area contributed by atoms with Crippen LogP contribution in [0.25, 0.3) is 0 Å². The van der Waals surface area contributed by atoms with Gasteiger partial charge in [0.1, 0.15) is 0 Å². The molecule has 0 radical (unpaired) electrons. The van der Waals surface area contributed by atoms with Crippen molar-refractivity contribution in [2.24, 2.45) is 0 Å². The van der Waals surface area contributed by atoms with Crippen molar-refractivity contribution in [3.05, 3.63) is 70.0 Å². The Morgan fingerprint density at radius 1 is 1.21 bits per heavy atom. The zero-order chi connectivity index (χ0) is 17.7. The zero-order valence-electron chi connectivity index (χ0n) is 14.1. The van der Waals surface area contributed by atoms with E-state index in [0.29, 0.717) is 12.1 Å². The minimum absolute atomic E-state index is 0.00710. The lowest BCUT2D eigenvalue weighted by atomic mass is 10.0. The van der Waals surface area contributed by atoms with E-state index < -0.39 is 4.92 Å². The van der Waals surface area contributed by atoms with Gasteiger partial charge in [0.25, 0.3) is 5.69 Å². The first kappa shape index (κ1) is 17.6. The second-order valence-corrected chi connectivity index (χ2v) is 6.58. The molecule has 0 spiro atoms. The van der Waals surface area contributed by atoms with Crippen LogP contribution in [0.4, 0.5) is 5.69 Å². The number of carbonyl (C=O) groups is 1. The van der Waals surface area contributed by atoms with Crippen LogP contribution in [0.15, 0.2) is 48.7 Å². The van der Waals surface area contributed by atoms with E-state index in [2.05, 4.69) is 4.98 Å². The third-order valence-corrected chi connectivity index (χ3v) is 3.63. The Labute approximate surface area is 141 Å². The number of rotatable bonds is 5. The van der Waals surface area contributed by atoms with Crippen molar-refractivity contribution in [3.8, 4) is 0 Å². The molecule has 0 unspecified atom stereocenters. The summed E-state index contributed by atoms with van der Waals surface area (Å²) in [5.74, 6) is -0.0892. The maximum atomic E-state index is 12.8. The Morgan fingerprint density at radius 3 is 2.54 bits per heavy atom. The van der Waals surface area contributed by atoms with Crippen LogP contribution in [0, 0.1) is 10.1 Å². The predicted molar refractivity (Wildman–Crippen MR) is 91.3 cm³/mol. The first-order valence-electron chi connectivity index (χ1n) is 7.71. The topological polar surface area (TPSA) is 76.3 Å². The second-order valence-electron chi connectivity index (χ2n) is 6.58. The standard InChI is InChI=1S/C18H21N3O3/c1-18(2,3)20(13-15-8-4-5-10-19-15)17(22)12-14-7-6-9-16(11-14)21(23)24/h4-11H,12-13H2,1-3H3. The third kappa shape index (κ3) is 4.62. The fourth-order valence-electron chi connectivity index (χ4n) is 2.40. The molecule has 1 amide bonds. The van der Waals surface area contributed by atoms with Crippen LogP contribution < -0.4 is 0 Å². The highest BCUT2D eigenvalue weighted by atomic mass is 16.6. The van der Waals surface area contributed by atoms with Gasteiger partial charge in [0, 0.05) is 23.9 Å². The number of non-ortho nitro benzene ring substituents is 1. The Morgan fingerprint density at radius 2 is 1.96 bits per heavy atom. The summed E-state index contributed by atoms with van der Waals surface area (Å²) in [6, 6.07) is 11.8. The summed E-state index contributed by atoms with van der Waals surface area (Å²) in [6.07, 6.45) is 1.81. The Bertz CT molecular complexity index is 724. The highest BCUT2D eigenvalue weighted by Gasteiger charge is 2.27. The molecule has 0 saturated carbocycles. The molecular formula is C18H21N3O3. The van der Waals surface area contributed by atoms with Crippen molar-refractivity contribution >= 4 is 11.6 Å². The SMILES string of the molecule is CC(C)(C)N(Cc1ccccn1)C(=O)Cc1cccc([N+](=O)[O-])c1. The van der Waals surface area contributed by atoms with E-state index in [1.807, 2.05) is 39.0 Å². The number of nitrogens with zero attached hydrogens (tertiary/aromatic N) is 3. The lowest BCUT2D eigenvalue weighted by Gasteiger charge is -2.35. The van der Waals surface area contributed by atoms with E-state index >= 15 is 0 Å². The van der Waals surface area contributed by atoms with Gasteiger partial charge in [-0.15, -0.1) is 0 Å². The average Bonchev–Trinajstić information content (AvgIpc) is 2.52. The monoisotopic (exact) mass is 327 g/mol. The van der Waals surface area contributed by atoms with Gasteiger partial charge >= 0.3 is 0 Å². The highest BCUT2D eigenvalue weighted by molar-refractivity contribution is 5.79. The van der Waals surface area contributed by atoms with Crippen LogP contribution in [0.2, 0.25) is 0 Å². The van der Waals surface area contributed by atoms with Crippen molar-refractivity contribution in [3.63, 3.8) is 0 Å². The summed E-state index contributed by atoms with van der Waals surface area (Å²) in [5.41, 5.74) is 1.05. The summed E-state index contributed by atoms with van der Waals surface area (Å²) in [6.45, 7) is 6.28. The lowest BCUT2D eigenvalue weighted by molar-refractivity contribution is -0.384. The number of aromatic nitrogens is 1. The van der Waals surface area contributed by atoms with Gasteiger partial charge in [0.2, 0.25) is 5.91 Å². The van der Waals surface area contributed by atoms with E-state index in [9.17, 15) is 14.9 Å². The van der Waals surface area contributed by atoms with Crippen molar-refractivity contribution in [1.82, 2.24) is 9.88 Å². The molecule has 24 heavy (non-hydrogen) atoms. The van der Waals surface area contributed by atoms with Crippen molar-refractivity contribution in [2.75, 3.05) is 0 Å². The molecule has 6 nitrogen and oxygen atoms in total. The summed E-state index contributed by atoms with van der Waals surface area (Å²) in [7, 11) is 0. The van der Waals surface area contributed by atoms with Crippen LogP contribution in [0.5, 0.6) is 0 Å². The molecule has 0 aliphatic rings. The zero-order valence-corrected chi connectivity index (χ0v) is 14.1. The molecule has 6 heteroatoms. The smallest absolute Gasteiger partial charge is 0.269 e. The molecule has 0 atom stereocenters. The van der Waals surface area contributed by atoms with Gasteiger partial charge in [0.05, 0.1) is 23.6 Å². The first-order chi connectivity index (χ1) is 11.3. The lowest BCUT2D eigenvalue weighted by Crippen LogP contribution is -2.45. The summed E-state index contributed by atoms with van der Waals surface area (Å²) >= 11 is 0. The van der Waals surface area contributed by atoms with Crippen LogP contribution in [0.3, 0.4) is 0 Å². The van der Waals surface area contributed by atoms with Gasteiger partial charge in [-0.25, -0.2) is 0 Å². The number of hydrogen-bond donors (Lipinski definition) is 0. The normalized spacial score (nSPS) is 11.1. The average molecular weight is 327 g/mol. The minimum atomic E-state index is -0.455. The Kier molecular flexibility index (Phi) is 5.28. The Hall–Kier alpha value is -2.76. The van der Waals surface area contributed by atoms with Gasteiger partial charge in [0.15, 0.2) is 0 Å². The van der Waals surface area contributed by atoms with Crippen LogP contribution >= 0.6 is 0 Å². The second kappa shape index (κ2) is 7.21. The molecule has 0 saturated heterocycles. The largest absolute Gasteiger partial charge is 0.332 e. The predicted octanol–water partition coefficient (Wildman–Crippen LogP) is 3.36. The first-order valence-corrected chi connectivity index (χ1v) is 7.71. The molecule has 1 aromatic carbocycles. The molecule has 0 N–H and O–H groups in total. The molecule has 1 heterocycles. The number of amides is 1. The molecule has 2 aromatic rings. The van der Waals surface area contributed by atoms with E-state index in [-0.39, 0.29) is 23.6 Å². The minimum Gasteiger partial charge on any atom is -0.332 e. The third-order valence-electron chi connectivity index (χ3n) is 3.63. The van der Waals surface area contributed by atoms with E-state index in [1.54, 1.807) is 23.2 Å². The van der Waals surface area contributed by atoms with Crippen LogP contribution in [0.1, 0.15) is 32.0 Å². The van der Waals surface area contributed by atoms with Crippen molar-refractivity contribution < 1.29 is 9.72 Å². The Balaban J connectivity index is 2.19. The summed E-state index contributed by atoms with van der Waals surface area (Å²) < 4.78 is 0. The van der Waals surface area contributed by atoms with Crippen molar-refractivity contribution in [2.45, 2.75) is 39.3 Å². The number of nitro benzene ring substituents is 1. The van der Waals surface area contributed by atoms with Gasteiger partial charge in [-0.05, 0) is 38.5 Å². The maximum absolute atomic E-state index is 12.8. The van der Waals surface area contributed by atoms with Crippen LogP contribution in [-0.4, -0.2) is 26.3 Å². The molecule has 0 aliphatic heterocycles. The van der Waals surface area contributed by atoms with Gasteiger partial charge in [-0.1, -0.05) is 18.2 Å². The van der Waals surface area contributed by atoms with E-state index in [1.165, 1.54) is 12.1 Å². The number of benzene rings is 1. The fourth-order valence-corrected chi connectivity index (χ4v) is 2.40. The number of hydrogen-bond acceptors (Lipinski definition) is 4. The molecule has 126 valence electrons. The molecule has 0 fully saturated rings. The van der Waals surface area contributed by atoms with Gasteiger partial charge in [-0.3, -0.25) is 19.9 Å². The summed E-state index contributed by atoms with van der Waals surface area (Å²) in [5, 5.41) is 10.9. The van der Waals surface area contributed by atoms with Gasteiger partial charge < -0.3 is 4.90 Å². The molecule has 1 aromatic heterocycles. The molecule has 0 bridgehead atoms. The van der Waals surface area contributed by atoms with E-state index in [0.717, 1.165) is 5.69 Å². The number of nitro groups is 1. The fraction of sp³-hybridized carbons (Fsp3) is 0.333. The summed E-state index contributed by atoms with van der Waals surface area (Å²) in [4.78, 5) is 29.2. The molecular weight excluding hydrogens is 306 g/mol. The molecule has 0 aliphatic carbocycles. The van der Waals surface area contributed by atoms with Crippen LogP contribution in [-0.2, 0) is 17.8 Å². The van der Waals surface area contributed by atoms with E-state index in [4.69, 9.17) is 0 Å². The number of carbonyl (C=O) groups excluding carboxylic acids is 1. The van der Waals surface area contributed by atoms with Gasteiger partial charge in [-0.2, -0.15) is 0 Å². The van der Waals surface area contributed by atoms with Crippen molar-refractivity contribution in [1.29, 1.82) is 0 Å². The maximum Gasteiger partial charge on any atom is 0.269 e.